The summed E-state index contributed by atoms with van der Waals surface area (Å²) in [5.41, 5.74) is 0. The molecular weight excluding hydrogens is 352 g/mol. The van der Waals surface area contributed by atoms with Crippen LogP contribution < -0.4 is 0 Å². The van der Waals surface area contributed by atoms with Gasteiger partial charge in [0.05, 0.1) is 19.5 Å². The molecule has 0 amide bonds. The Morgan fingerprint density at radius 3 is 2.27 bits per heavy atom. The maximum atomic E-state index is 11.4. The molecule has 1 atom stereocenters. The van der Waals surface area contributed by atoms with Gasteiger partial charge in [-0.05, 0) is 32.1 Å². The van der Waals surface area contributed by atoms with Crippen molar-refractivity contribution in [3.8, 4) is 0 Å². The molecule has 0 fully saturated rings. The van der Waals surface area contributed by atoms with E-state index in [1.54, 1.807) is 0 Å². The number of carbonyl (C=O) groups is 1. The second-order valence-electron chi connectivity index (χ2n) is 6.86. The molecule has 154 valence electrons. The van der Waals surface area contributed by atoms with Crippen molar-refractivity contribution in [3.63, 3.8) is 0 Å². The van der Waals surface area contributed by atoms with Crippen LogP contribution in [-0.2, 0) is 23.8 Å². The van der Waals surface area contributed by atoms with Crippen molar-refractivity contribution in [1.29, 1.82) is 0 Å². The van der Waals surface area contributed by atoms with Crippen LogP contribution in [0, 0.1) is 0 Å². The Kier molecular flexibility index (Phi) is 15.8. The molecule has 0 radical (unpaired) electrons. The van der Waals surface area contributed by atoms with Crippen LogP contribution in [0.4, 0.5) is 0 Å². The van der Waals surface area contributed by atoms with Gasteiger partial charge in [-0.15, -0.1) is 0 Å². The second-order valence-corrected chi connectivity index (χ2v) is 8.46. The predicted octanol–water partition coefficient (Wildman–Crippen LogP) is 5.15. The van der Waals surface area contributed by atoms with Crippen molar-refractivity contribution in [2.24, 2.45) is 0 Å². The third kappa shape index (κ3) is 17.9. The Labute approximate surface area is 160 Å². The molecule has 0 N–H and O–H groups in total. The fraction of sp³-hybridized carbons (Fsp3) is 0.850. The van der Waals surface area contributed by atoms with Gasteiger partial charge in [-0.1, -0.05) is 64.0 Å². The van der Waals surface area contributed by atoms with Crippen LogP contribution in [0.5, 0.6) is 0 Å². The summed E-state index contributed by atoms with van der Waals surface area (Å²) in [6.45, 7) is 2.16. The van der Waals surface area contributed by atoms with Gasteiger partial charge >= 0.3 is 5.97 Å². The van der Waals surface area contributed by atoms with Crippen molar-refractivity contribution >= 4 is 16.1 Å². The maximum absolute atomic E-state index is 11.4. The molecule has 0 heterocycles. The van der Waals surface area contributed by atoms with E-state index in [0.717, 1.165) is 64.0 Å². The molecule has 0 aromatic heterocycles. The quantitative estimate of drug-likeness (QED) is 0.149. The van der Waals surface area contributed by atoms with Gasteiger partial charge in [-0.2, -0.15) is 8.42 Å². The highest BCUT2D eigenvalue weighted by molar-refractivity contribution is 7.86. The zero-order valence-corrected chi connectivity index (χ0v) is 17.7. The van der Waals surface area contributed by atoms with E-state index in [0.29, 0.717) is 12.8 Å². The first kappa shape index (κ1) is 25.1. The minimum absolute atomic E-state index is 0.131. The van der Waals surface area contributed by atoms with Crippen molar-refractivity contribution in [2.45, 2.75) is 96.5 Å². The predicted molar refractivity (Wildman–Crippen MR) is 107 cm³/mol. The normalized spacial score (nSPS) is 13.2. The lowest BCUT2D eigenvalue weighted by Crippen LogP contribution is -2.17. The Balaban J connectivity index is 3.84. The van der Waals surface area contributed by atoms with E-state index in [2.05, 4.69) is 17.7 Å². The third-order valence-electron chi connectivity index (χ3n) is 4.24. The summed E-state index contributed by atoms with van der Waals surface area (Å²) in [6.07, 6.45) is 17.8. The first-order valence-corrected chi connectivity index (χ1v) is 11.8. The molecule has 0 rings (SSSR count). The van der Waals surface area contributed by atoms with Crippen LogP contribution in [-0.4, -0.2) is 33.9 Å². The summed E-state index contributed by atoms with van der Waals surface area (Å²) in [7, 11) is -1.98. The third-order valence-corrected chi connectivity index (χ3v) is 4.86. The van der Waals surface area contributed by atoms with Crippen molar-refractivity contribution in [1.82, 2.24) is 0 Å². The van der Waals surface area contributed by atoms with E-state index in [9.17, 15) is 13.2 Å². The number of esters is 1. The lowest BCUT2D eigenvalue weighted by atomic mass is 10.1. The molecule has 0 aliphatic heterocycles. The summed E-state index contributed by atoms with van der Waals surface area (Å²) in [6, 6.07) is 0. The minimum atomic E-state index is -3.40. The van der Waals surface area contributed by atoms with E-state index < -0.39 is 10.1 Å². The van der Waals surface area contributed by atoms with Gasteiger partial charge in [0.15, 0.2) is 0 Å². The summed E-state index contributed by atoms with van der Waals surface area (Å²) < 4.78 is 32.6. The highest BCUT2D eigenvalue weighted by atomic mass is 32.2. The number of hydrogen-bond donors (Lipinski definition) is 0. The molecule has 0 aliphatic rings. The van der Waals surface area contributed by atoms with Crippen molar-refractivity contribution in [3.05, 3.63) is 12.2 Å². The molecule has 1 unspecified atom stereocenters. The Morgan fingerprint density at radius 1 is 0.962 bits per heavy atom. The molecule has 0 aliphatic carbocycles. The molecule has 6 heteroatoms. The monoisotopic (exact) mass is 390 g/mol. The van der Waals surface area contributed by atoms with Gasteiger partial charge in [-0.3, -0.25) is 8.98 Å². The van der Waals surface area contributed by atoms with Gasteiger partial charge in [0.25, 0.3) is 10.1 Å². The number of hydrogen-bond acceptors (Lipinski definition) is 5. The average Bonchev–Trinajstić information content (AvgIpc) is 2.58. The molecule has 5 nitrogen and oxygen atoms in total. The molecule has 26 heavy (non-hydrogen) atoms. The van der Waals surface area contributed by atoms with E-state index in [-0.39, 0.29) is 12.1 Å². The molecule has 0 saturated heterocycles. The summed E-state index contributed by atoms with van der Waals surface area (Å²) >= 11 is 0. The standard InChI is InChI=1S/C20H38O5S/c1-4-5-6-13-16-19(25-26(3,22)23)17-14-11-9-7-8-10-12-15-18-20(21)24-2/h11,14,19H,4-10,12-13,15-18H2,1-3H3. The van der Waals surface area contributed by atoms with Gasteiger partial charge < -0.3 is 4.74 Å². The highest BCUT2D eigenvalue weighted by Gasteiger charge is 2.13. The lowest BCUT2D eigenvalue weighted by molar-refractivity contribution is -0.140. The number of rotatable bonds is 17. The number of allylic oxidation sites excluding steroid dienone is 1. The number of unbranched alkanes of at least 4 members (excludes halogenated alkanes) is 8. The lowest BCUT2D eigenvalue weighted by Gasteiger charge is -2.14. The van der Waals surface area contributed by atoms with Crippen LogP contribution in [0.15, 0.2) is 12.2 Å². The fourth-order valence-corrected chi connectivity index (χ4v) is 3.45. The fourth-order valence-electron chi connectivity index (χ4n) is 2.78. The zero-order valence-electron chi connectivity index (χ0n) is 16.9. The van der Waals surface area contributed by atoms with Crippen LogP contribution >= 0.6 is 0 Å². The van der Waals surface area contributed by atoms with Gasteiger partial charge in [0.2, 0.25) is 0 Å². The highest BCUT2D eigenvalue weighted by Crippen LogP contribution is 2.15. The van der Waals surface area contributed by atoms with Crippen molar-refractivity contribution < 1.29 is 22.1 Å². The smallest absolute Gasteiger partial charge is 0.305 e. The Morgan fingerprint density at radius 2 is 1.62 bits per heavy atom. The average molecular weight is 391 g/mol. The van der Waals surface area contributed by atoms with E-state index in [4.69, 9.17) is 4.18 Å². The van der Waals surface area contributed by atoms with E-state index >= 15 is 0 Å². The second kappa shape index (κ2) is 16.3. The van der Waals surface area contributed by atoms with E-state index in [1.165, 1.54) is 20.0 Å². The maximum Gasteiger partial charge on any atom is 0.305 e. The molecular formula is C20H38O5S. The largest absolute Gasteiger partial charge is 0.469 e. The molecule has 0 aromatic carbocycles. The first-order chi connectivity index (χ1) is 12.4. The molecule has 0 saturated carbocycles. The summed E-state index contributed by atoms with van der Waals surface area (Å²) in [5, 5.41) is 0. The van der Waals surface area contributed by atoms with E-state index in [1.807, 2.05) is 6.08 Å². The van der Waals surface area contributed by atoms with Gasteiger partial charge in [-0.25, -0.2) is 0 Å². The zero-order chi connectivity index (χ0) is 19.7. The van der Waals surface area contributed by atoms with Gasteiger partial charge in [0, 0.05) is 6.42 Å². The van der Waals surface area contributed by atoms with Crippen LogP contribution in [0.1, 0.15) is 90.4 Å². The topological polar surface area (TPSA) is 69.7 Å². The van der Waals surface area contributed by atoms with Gasteiger partial charge in [0.1, 0.15) is 0 Å². The Bertz CT molecular complexity index is 471. The SMILES string of the molecule is CCCCCCC(CC=CCCCCCCCC(=O)OC)OS(C)(=O)=O. The summed E-state index contributed by atoms with van der Waals surface area (Å²) in [4.78, 5) is 11.0. The Hall–Kier alpha value is -0.880. The molecule has 0 bridgehead atoms. The number of methoxy groups -OCH3 is 1. The van der Waals surface area contributed by atoms with Crippen molar-refractivity contribution in [2.75, 3.05) is 13.4 Å². The molecule has 0 aromatic rings. The summed E-state index contributed by atoms with van der Waals surface area (Å²) in [5.74, 6) is -0.131. The molecule has 0 spiro atoms. The first-order valence-electron chi connectivity index (χ1n) is 9.99. The minimum Gasteiger partial charge on any atom is -0.469 e. The number of ether oxygens (including phenoxy) is 1. The van der Waals surface area contributed by atoms with Crippen LogP contribution in [0.3, 0.4) is 0 Å². The van der Waals surface area contributed by atoms with Crippen LogP contribution in [0.25, 0.3) is 0 Å². The van der Waals surface area contributed by atoms with Crippen LogP contribution in [0.2, 0.25) is 0 Å². The number of carbonyl (C=O) groups excluding carboxylic acids is 1.